The summed E-state index contributed by atoms with van der Waals surface area (Å²) >= 11 is 0. The monoisotopic (exact) mass is 292 g/mol. The summed E-state index contributed by atoms with van der Waals surface area (Å²) in [6, 6.07) is 5.54. The van der Waals surface area contributed by atoms with Crippen LogP contribution in [0.25, 0.3) is 0 Å². The van der Waals surface area contributed by atoms with Gasteiger partial charge < -0.3 is 20.1 Å². The second-order valence-corrected chi connectivity index (χ2v) is 5.71. The predicted molar refractivity (Wildman–Crippen MR) is 81.8 cm³/mol. The van der Waals surface area contributed by atoms with E-state index in [2.05, 4.69) is 24.5 Å². The summed E-state index contributed by atoms with van der Waals surface area (Å²) in [5.74, 6) is 2.09. The van der Waals surface area contributed by atoms with E-state index < -0.39 is 0 Å². The van der Waals surface area contributed by atoms with E-state index >= 15 is 0 Å². The van der Waals surface area contributed by atoms with E-state index in [1.165, 1.54) is 0 Å². The zero-order valence-corrected chi connectivity index (χ0v) is 12.9. The van der Waals surface area contributed by atoms with Gasteiger partial charge in [-0.1, -0.05) is 19.9 Å². The maximum absolute atomic E-state index is 11.8. The van der Waals surface area contributed by atoms with E-state index in [4.69, 9.17) is 9.47 Å². The molecule has 2 amide bonds. The second-order valence-electron chi connectivity index (χ2n) is 5.71. The second kappa shape index (κ2) is 7.20. The molecular weight excluding hydrogens is 268 g/mol. The molecule has 21 heavy (non-hydrogen) atoms. The lowest BCUT2D eigenvalue weighted by atomic mass is 10.1. The highest BCUT2D eigenvalue weighted by Crippen LogP contribution is 2.32. The lowest BCUT2D eigenvalue weighted by molar-refractivity contribution is 0.171. The molecule has 0 bridgehead atoms. The van der Waals surface area contributed by atoms with Gasteiger partial charge in [0.25, 0.3) is 0 Å². The first-order valence-corrected chi connectivity index (χ1v) is 7.50. The van der Waals surface area contributed by atoms with Gasteiger partial charge in [0.1, 0.15) is 13.2 Å². The summed E-state index contributed by atoms with van der Waals surface area (Å²) in [6.07, 6.45) is 0.978. The maximum atomic E-state index is 11.8. The van der Waals surface area contributed by atoms with Crippen molar-refractivity contribution in [3.8, 4) is 11.5 Å². The van der Waals surface area contributed by atoms with Crippen molar-refractivity contribution in [2.45, 2.75) is 33.2 Å². The van der Waals surface area contributed by atoms with Gasteiger partial charge in [-0.15, -0.1) is 0 Å². The molecule has 2 rings (SSSR count). The van der Waals surface area contributed by atoms with Gasteiger partial charge in [0, 0.05) is 6.54 Å². The number of benzene rings is 1. The number of ether oxygens (including phenoxy) is 2. The van der Waals surface area contributed by atoms with Crippen molar-refractivity contribution in [2.24, 2.45) is 5.92 Å². The summed E-state index contributed by atoms with van der Waals surface area (Å²) in [6.45, 7) is 8.06. The third kappa shape index (κ3) is 4.55. The Hall–Kier alpha value is -1.91. The topological polar surface area (TPSA) is 59.6 Å². The molecule has 1 heterocycles. The minimum atomic E-state index is -0.141. The van der Waals surface area contributed by atoms with Gasteiger partial charge in [-0.05, 0) is 37.0 Å². The molecule has 0 fully saturated rings. The zero-order chi connectivity index (χ0) is 15.2. The number of nitrogens with one attached hydrogen (secondary N) is 2. The molecule has 5 nitrogen and oxygen atoms in total. The van der Waals surface area contributed by atoms with Crippen LogP contribution < -0.4 is 20.1 Å². The normalized spacial score (nSPS) is 14.7. The largest absolute Gasteiger partial charge is 0.486 e. The van der Waals surface area contributed by atoms with Gasteiger partial charge in [0.05, 0.1) is 6.04 Å². The van der Waals surface area contributed by atoms with E-state index in [1.807, 2.05) is 25.1 Å². The average Bonchev–Trinajstić information content (AvgIpc) is 2.46. The molecule has 1 aliphatic heterocycles. The fourth-order valence-corrected chi connectivity index (χ4v) is 2.13. The van der Waals surface area contributed by atoms with Crippen LogP contribution in [0, 0.1) is 5.92 Å². The van der Waals surface area contributed by atoms with Crippen molar-refractivity contribution < 1.29 is 14.3 Å². The lowest BCUT2D eigenvalue weighted by Gasteiger charge is -2.21. The minimum absolute atomic E-state index is 0.0834. The Labute approximate surface area is 126 Å². The Bertz CT molecular complexity index is 488. The molecule has 116 valence electrons. The van der Waals surface area contributed by atoms with E-state index in [-0.39, 0.29) is 12.1 Å². The predicted octanol–water partition coefficient (Wildman–Crippen LogP) is 2.86. The van der Waals surface area contributed by atoms with Crippen LogP contribution in [-0.2, 0) is 0 Å². The third-order valence-corrected chi connectivity index (χ3v) is 3.42. The fourth-order valence-electron chi connectivity index (χ4n) is 2.13. The average molecular weight is 292 g/mol. The summed E-state index contributed by atoms with van der Waals surface area (Å²) in [4.78, 5) is 11.8. The molecule has 0 saturated heterocycles. The summed E-state index contributed by atoms with van der Waals surface area (Å²) in [5, 5.41) is 5.80. The molecule has 1 aromatic rings. The van der Waals surface area contributed by atoms with Crippen LogP contribution in [0.1, 0.15) is 38.8 Å². The number of carbonyl (C=O) groups excluding carboxylic acids is 1. The van der Waals surface area contributed by atoms with Gasteiger partial charge in [-0.2, -0.15) is 0 Å². The van der Waals surface area contributed by atoms with Crippen LogP contribution in [0.2, 0.25) is 0 Å². The van der Waals surface area contributed by atoms with E-state index in [0.717, 1.165) is 23.5 Å². The molecule has 2 N–H and O–H groups in total. The molecule has 1 unspecified atom stereocenters. The molecule has 1 aromatic carbocycles. The van der Waals surface area contributed by atoms with Crippen LogP contribution in [0.4, 0.5) is 4.79 Å². The van der Waals surface area contributed by atoms with E-state index in [0.29, 0.717) is 25.7 Å². The van der Waals surface area contributed by atoms with Crippen molar-refractivity contribution in [2.75, 3.05) is 19.8 Å². The molecular formula is C16H24N2O3. The summed E-state index contributed by atoms with van der Waals surface area (Å²) < 4.78 is 11.0. The molecule has 1 atom stereocenters. The minimum Gasteiger partial charge on any atom is -0.486 e. The van der Waals surface area contributed by atoms with Crippen LogP contribution >= 0.6 is 0 Å². The fraction of sp³-hybridized carbons (Fsp3) is 0.562. The Balaban J connectivity index is 1.88. The van der Waals surface area contributed by atoms with Gasteiger partial charge in [-0.25, -0.2) is 4.79 Å². The van der Waals surface area contributed by atoms with Crippen LogP contribution in [0.5, 0.6) is 11.5 Å². The van der Waals surface area contributed by atoms with E-state index in [9.17, 15) is 4.79 Å². The highest BCUT2D eigenvalue weighted by Gasteiger charge is 2.15. The number of hydrogen-bond acceptors (Lipinski definition) is 3. The maximum Gasteiger partial charge on any atom is 0.315 e. The first kappa shape index (κ1) is 15.5. The highest BCUT2D eigenvalue weighted by molar-refractivity contribution is 5.74. The van der Waals surface area contributed by atoms with Crippen LogP contribution in [0.15, 0.2) is 18.2 Å². The van der Waals surface area contributed by atoms with Crippen molar-refractivity contribution in [1.29, 1.82) is 0 Å². The molecule has 0 aliphatic carbocycles. The number of rotatable bonds is 5. The molecule has 5 heteroatoms. The number of amides is 2. The van der Waals surface area contributed by atoms with E-state index in [1.54, 1.807) is 0 Å². The Morgan fingerprint density at radius 3 is 2.62 bits per heavy atom. The highest BCUT2D eigenvalue weighted by atomic mass is 16.6. The van der Waals surface area contributed by atoms with Crippen molar-refractivity contribution in [3.63, 3.8) is 0 Å². The first-order chi connectivity index (χ1) is 10.1. The number of hydrogen-bond donors (Lipinski definition) is 2. The lowest BCUT2D eigenvalue weighted by Crippen LogP contribution is -2.37. The smallest absolute Gasteiger partial charge is 0.315 e. The Morgan fingerprint density at radius 1 is 1.19 bits per heavy atom. The van der Waals surface area contributed by atoms with Gasteiger partial charge in [0.15, 0.2) is 11.5 Å². The molecule has 0 radical (unpaired) electrons. The standard InChI is InChI=1S/C16H24N2O3/c1-11(2)6-7-17-16(19)18-12(3)13-4-5-14-15(10-13)21-9-8-20-14/h4-5,10-12H,6-9H2,1-3H3,(H2,17,18,19). The zero-order valence-electron chi connectivity index (χ0n) is 12.9. The SMILES string of the molecule is CC(C)CCNC(=O)NC(C)c1ccc2c(c1)OCCO2. The van der Waals surface area contributed by atoms with Crippen LogP contribution in [-0.4, -0.2) is 25.8 Å². The Morgan fingerprint density at radius 2 is 1.90 bits per heavy atom. The molecule has 0 spiro atoms. The van der Waals surface area contributed by atoms with Crippen molar-refractivity contribution in [3.05, 3.63) is 23.8 Å². The van der Waals surface area contributed by atoms with Crippen molar-refractivity contribution >= 4 is 6.03 Å². The third-order valence-electron chi connectivity index (χ3n) is 3.42. The summed E-state index contributed by atoms with van der Waals surface area (Å²) in [7, 11) is 0. The van der Waals surface area contributed by atoms with Gasteiger partial charge >= 0.3 is 6.03 Å². The van der Waals surface area contributed by atoms with Gasteiger partial charge in [0.2, 0.25) is 0 Å². The van der Waals surface area contributed by atoms with Crippen LogP contribution in [0.3, 0.4) is 0 Å². The Kier molecular flexibility index (Phi) is 5.31. The first-order valence-electron chi connectivity index (χ1n) is 7.50. The molecule has 0 saturated carbocycles. The number of carbonyl (C=O) groups is 1. The number of fused-ring (bicyclic) bond motifs is 1. The number of urea groups is 1. The summed E-state index contributed by atoms with van der Waals surface area (Å²) in [5.41, 5.74) is 0.998. The van der Waals surface area contributed by atoms with Gasteiger partial charge in [-0.3, -0.25) is 0 Å². The molecule has 1 aliphatic rings. The quantitative estimate of drug-likeness (QED) is 0.877. The van der Waals surface area contributed by atoms with Crippen molar-refractivity contribution in [1.82, 2.24) is 10.6 Å². The molecule has 0 aromatic heterocycles.